The minimum atomic E-state index is 0.0135. The maximum Gasteiger partial charge on any atom is 0.289 e. The normalized spacial score (nSPS) is 15.3. The van der Waals surface area contributed by atoms with Gasteiger partial charge in [0.25, 0.3) is 5.91 Å². The monoisotopic (exact) mass is 377 g/mol. The highest BCUT2D eigenvalue weighted by Gasteiger charge is 2.27. The number of benzene rings is 1. The number of hydrogen-bond donors (Lipinski definition) is 0. The highest BCUT2D eigenvalue weighted by atomic mass is 16.3. The van der Waals surface area contributed by atoms with Gasteiger partial charge in [-0.25, -0.2) is 0 Å². The first kappa shape index (κ1) is 18.7. The van der Waals surface area contributed by atoms with Gasteiger partial charge in [-0.05, 0) is 62.1 Å². The second kappa shape index (κ2) is 7.76. The molecule has 5 nitrogen and oxygen atoms in total. The average molecular weight is 377 g/mol. The summed E-state index contributed by atoms with van der Waals surface area (Å²) in [6, 6.07) is 8.28. The topological polar surface area (TPSA) is 49.6 Å². The first-order valence-corrected chi connectivity index (χ1v) is 9.94. The molecule has 0 saturated carbocycles. The average Bonchev–Trinajstić information content (AvgIpc) is 3.03. The van der Waals surface area contributed by atoms with Gasteiger partial charge in [-0.1, -0.05) is 6.07 Å². The lowest BCUT2D eigenvalue weighted by Crippen LogP contribution is -2.49. The molecule has 0 bridgehead atoms. The summed E-state index contributed by atoms with van der Waals surface area (Å²) in [5.74, 6) is 0.508. The fourth-order valence-electron chi connectivity index (χ4n) is 4.15. The molecule has 0 unspecified atom stereocenters. The van der Waals surface area contributed by atoms with Gasteiger partial charge in [0.05, 0.1) is 0 Å². The van der Waals surface area contributed by atoms with E-state index in [1.165, 1.54) is 5.56 Å². The molecule has 1 aromatic carbocycles. The number of aryl methyl sites for hydroxylation is 3. The van der Waals surface area contributed by atoms with Crippen molar-refractivity contribution in [3.8, 4) is 0 Å². The minimum absolute atomic E-state index is 0.0135. The lowest BCUT2D eigenvalue weighted by molar-refractivity contribution is 0.0609. The Kier molecular flexibility index (Phi) is 5.18. The van der Waals surface area contributed by atoms with E-state index in [0.717, 1.165) is 66.8 Å². The van der Waals surface area contributed by atoms with E-state index in [1.807, 2.05) is 30.3 Å². The molecule has 1 saturated heterocycles. The van der Waals surface area contributed by atoms with Crippen molar-refractivity contribution in [3.05, 3.63) is 64.7 Å². The molecule has 1 aliphatic rings. The summed E-state index contributed by atoms with van der Waals surface area (Å²) in [6.07, 6.45) is 4.69. The van der Waals surface area contributed by atoms with E-state index >= 15 is 0 Å². The van der Waals surface area contributed by atoms with Crippen LogP contribution in [-0.4, -0.2) is 53.4 Å². The summed E-state index contributed by atoms with van der Waals surface area (Å²) in [6.45, 7) is 10.4. The number of hydrogen-bond acceptors (Lipinski definition) is 4. The summed E-state index contributed by atoms with van der Waals surface area (Å²) in [5.41, 5.74) is 5.39. The van der Waals surface area contributed by atoms with Crippen LogP contribution in [0.15, 0.2) is 41.1 Å². The van der Waals surface area contributed by atoms with Gasteiger partial charge in [0, 0.05) is 56.1 Å². The van der Waals surface area contributed by atoms with Gasteiger partial charge in [0.2, 0.25) is 0 Å². The van der Waals surface area contributed by atoms with Crippen LogP contribution in [0.2, 0.25) is 0 Å². The molecule has 0 aliphatic carbocycles. The molecule has 28 heavy (non-hydrogen) atoms. The largest absolute Gasteiger partial charge is 0.451 e. The molecule has 1 aliphatic heterocycles. The zero-order chi connectivity index (χ0) is 19.7. The Morgan fingerprint density at radius 3 is 2.50 bits per heavy atom. The van der Waals surface area contributed by atoms with E-state index in [9.17, 15) is 4.79 Å². The maximum absolute atomic E-state index is 13.1. The van der Waals surface area contributed by atoms with Gasteiger partial charge in [-0.3, -0.25) is 14.7 Å². The Balaban J connectivity index is 1.41. The van der Waals surface area contributed by atoms with Crippen LogP contribution in [0, 0.1) is 20.8 Å². The van der Waals surface area contributed by atoms with Crippen LogP contribution < -0.4 is 0 Å². The first-order chi connectivity index (χ1) is 13.5. The van der Waals surface area contributed by atoms with Crippen LogP contribution in [-0.2, 0) is 6.42 Å². The molecule has 4 rings (SSSR count). The second-order valence-corrected chi connectivity index (χ2v) is 7.75. The van der Waals surface area contributed by atoms with E-state index in [1.54, 1.807) is 0 Å². The van der Waals surface area contributed by atoms with E-state index in [2.05, 4.69) is 41.9 Å². The lowest BCUT2D eigenvalue weighted by atomic mass is 10.0. The quantitative estimate of drug-likeness (QED) is 0.695. The summed E-state index contributed by atoms with van der Waals surface area (Å²) in [5, 5.41) is 1.07. The predicted octanol–water partition coefficient (Wildman–Crippen LogP) is 3.75. The number of amides is 1. The number of rotatable bonds is 4. The van der Waals surface area contributed by atoms with E-state index in [0.29, 0.717) is 5.76 Å². The van der Waals surface area contributed by atoms with Crippen LogP contribution in [0.25, 0.3) is 11.0 Å². The molecule has 5 heteroatoms. The van der Waals surface area contributed by atoms with Crippen molar-refractivity contribution in [1.82, 2.24) is 14.8 Å². The second-order valence-electron chi connectivity index (χ2n) is 7.75. The van der Waals surface area contributed by atoms with Gasteiger partial charge in [0.1, 0.15) is 5.58 Å². The zero-order valence-corrected chi connectivity index (χ0v) is 16.9. The van der Waals surface area contributed by atoms with Crippen LogP contribution in [0.5, 0.6) is 0 Å². The van der Waals surface area contributed by atoms with Crippen molar-refractivity contribution >= 4 is 16.9 Å². The zero-order valence-electron chi connectivity index (χ0n) is 16.9. The summed E-state index contributed by atoms with van der Waals surface area (Å²) in [7, 11) is 0. The van der Waals surface area contributed by atoms with Crippen molar-refractivity contribution in [3.63, 3.8) is 0 Å². The van der Waals surface area contributed by atoms with Crippen LogP contribution >= 0.6 is 0 Å². The molecule has 3 aromatic rings. The van der Waals surface area contributed by atoms with Crippen LogP contribution in [0.4, 0.5) is 0 Å². The van der Waals surface area contributed by atoms with Crippen molar-refractivity contribution in [2.24, 2.45) is 0 Å². The SMILES string of the molecule is Cc1cc(C)c2c(C)c(C(=O)N3CCN(CCc4ccncc4)CC3)oc2c1. The lowest BCUT2D eigenvalue weighted by Gasteiger charge is -2.34. The van der Waals surface area contributed by atoms with Gasteiger partial charge >= 0.3 is 0 Å². The Morgan fingerprint density at radius 2 is 1.79 bits per heavy atom. The molecule has 0 atom stereocenters. The Bertz CT molecular complexity index is 986. The van der Waals surface area contributed by atoms with Crippen molar-refractivity contribution in [1.29, 1.82) is 0 Å². The third-order valence-electron chi connectivity index (χ3n) is 5.69. The molecule has 0 N–H and O–H groups in total. The van der Waals surface area contributed by atoms with E-state index in [4.69, 9.17) is 4.42 Å². The summed E-state index contributed by atoms with van der Waals surface area (Å²) >= 11 is 0. The number of furan rings is 1. The molecule has 1 amide bonds. The van der Waals surface area contributed by atoms with E-state index in [-0.39, 0.29) is 5.91 Å². The Hall–Kier alpha value is -2.66. The smallest absolute Gasteiger partial charge is 0.289 e. The summed E-state index contributed by atoms with van der Waals surface area (Å²) in [4.78, 5) is 21.5. The molecule has 0 spiro atoms. The number of carbonyl (C=O) groups excluding carboxylic acids is 1. The molecular formula is C23H27N3O2. The fourth-order valence-corrected chi connectivity index (χ4v) is 4.15. The van der Waals surface area contributed by atoms with Gasteiger partial charge in [-0.2, -0.15) is 0 Å². The molecule has 2 aromatic heterocycles. The molecule has 0 radical (unpaired) electrons. The third-order valence-corrected chi connectivity index (χ3v) is 5.69. The Morgan fingerprint density at radius 1 is 1.07 bits per heavy atom. The first-order valence-electron chi connectivity index (χ1n) is 9.94. The molecule has 146 valence electrons. The number of pyridine rings is 1. The number of fused-ring (bicyclic) bond motifs is 1. The number of aromatic nitrogens is 1. The van der Waals surface area contributed by atoms with Gasteiger partial charge in [-0.15, -0.1) is 0 Å². The number of piperazine rings is 1. The predicted molar refractivity (Wildman–Crippen MR) is 111 cm³/mol. The third kappa shape index (κ3) is 3.67. The van der Waals surface area contributed by atoms with Crippen molar-refractivity contribution in [2.75, 3.05) is 32.7 Å². The standard InChI is InChI=1S/C23H27N3O2/c1-16-14-17(2)21-18(3)22(28-20(21)15-16)23(27)26-12-10-25(11-13-26)9-6-19-4-7-24-8-5-19/h4-5,7-8,14-15H,6,9-13H2,1-3H3. The van der Waals surface area contributed by atoms with Gasteiger partial charge in [0.15, 0.2) is 5.76 Å². The van der Waals surface area contributed by atoms with Crippen molar-refractivity contribution < 1.29 is 9.21 Å². The number of carbonyl (C=O) groups is 1. The highest BCUT2D eigenvalue weighted by molar-refractivity contribution is 6.00. The highest BCUT2D eigenvalue weighted by Crippen LogP contribution is 2.30. The van der Waals surface area contributed by atoms with Crippen molar-refractivity contribution in [2.45, 2.75) is 27.2 Å². The molecule has 3 heterocycles. The molecule has 1 fully saturated rings. The number of nitrogens with zero attached hydrogens (tertiary/aromatic N) is 3. The Labute approximate surface area is 166 Å². The summed E-state index contributed by atoms with van der Waals surface area (Å²) < 4.78 is 6.00. The molecular weight excluding hydrogens is 350 g/mol. The fraction of sp³-hybridized carbons (Fsp3) is 0.391. The van der Waals surface area contributed by atoms with Crippen LogP contribution in [0.3, 0.4) is 0 Å². The maximum atomic E-state index is 13.1. The van der Waals surface area contributed by atoms with Gasteiger partial charge < -0.3 is 9.32 Å². The van der Waals surface area contributed by atoms with E-state index < -0.39 is 0 Å². The van der Waals surface area contributed by atoms with Crippen LogP contribution in [0.1, 0.15) is 32.8 Å². The minimum Gasteiger partial charge on any atom is -0.451 e.